The van der Waals surface area contributed by atoms with Gasteiger partial charge in [0, 0.05) is 6.04 Å². The number of rotatable bonds is 6. The summed E-state index contributed by atoms with van der Waals surface area (Å²) in [7, 11) is 0. The molecule has 0 radical (unpaired) electrons. The molecule has 0 spiro atoms. The van der Waals surface area contributed by atoms with Crippen molar-refractivity contribution in [2.75, 3.05) is 6.54 Å². The van der Waals surface area contributed by atoms with Gasteiger partial charge in [-0.05, 0) is 80.3 Å². The van der Waals surface area contributed by atoms with E-state index < -0.39 is 5.97 Å². The lowest BCUT2D eigenvalue weighted by molar-refractivity contribution is -0.136. The van der Waals surface area contributed by atoms with Crippen LogP contribution in [0.25, 0.3) is 0 Å². The highest BCUT2D eigenvalue weighted by Gasteiger charge is 2.25. The molecule has 2 aromatic carbocycles. The minimum absolute atomic E-state index is 0.0323. The van der Waals surface area contributed by atoms with Crippen LogP contribution in [0.4, 0.5) is 0 Å². The van der Waals surface area contributed by atoms with Gasteiger partial charge in [-0.2, -0.15) is 0 Å². The van der Waals surface area contributed by atoms with Gasteiger partial charge in [0.1, 0.15) is 17.6 Å². The fourth-order valence-corrected chi connectivity index (χ4v) is 4.41. The van der Waals surface area contributed by atoms with Gasteiger partial charge in [0.15, 0.2) is 0 Å². The van der Waals surface area contributed by atoms with Crippen LogP contribution in [0.1, 0.15) is 54.9 Å². The number of nitrogens with one attached hydrogen (secondary N) is 1. The number of aliphatic carboxylic acids is 1. The average molecular weight is 395 g/mol. The van der Waals surface area contributed by atoms with E-state index in [2.05, 4.69) is 42.6 Å². The fourth-order valence-electron chi connectivity index (χ4n) is 4.41. The van der Waals surface area contributed by atoms with E-state index >= 15 is 0 Å². The van der Waals surface area contributed by atoms with Crippen molar-refractivity contribution in [3.05, 3.63) is 59.2 Å². The van der Waals surface area contributed by atoms with E-state index in [1.807, 2.05) is 12.1 Å². The maximum Gasteiger partial charge on any atom is 0.317 e. The van der Waals surface area contributed by atoms with E-state index in [4.69, 9.17) is 14.6 Å². The summed E-state index contributed by atoms with van der Waals surface area (Å²) < 4.78 is 12.5. The van der Waals surface area contributed by atoms with Gasteiger partial charge in [0.05, 0.1) is 12.6 Å². The number of carbonyl (C=O) groups is 1. The van der Waals surface area contributed by atoms with E-state index in [-0.39, 0.29) is 24.8 Å². The summed E-state index contributed by atoms with van der Waals surface area (Å²) in [5.74, 6) is 1.06. The molecule has 2 aromatic rings. The van der Waals surface area contributed by atoms with Gasteiger partial charge in [-0.25, -0.2) is 0 Å². The van der Waals surface area contributed by atoms with E-state index in [1.165, 1.54) is 16.7 Å². The van der Waals surface area contributed by atoms with Crippen molar-refractivity contribution in [2.24, 2.45) is 0 Å². The standard InChI is InChI=1S/C24H29NO4/c1-16-4-2-3-5-21(16)23-12-6-17-14-20(11-13-22(17)29-23)28-19-9-7-18(8-10-19)25-15-24(26)27/h2-5,11,13-14,18-19,23,25H,6-10,12,15H2,1H3,(H,26,27)/t18-,19-,23?. The van der Waals surface area contributed by atoms with Crippen LogP contribution in [0.5, 0.6) is 11.5 Å². The molecule has 0 aromatic heterocycles. The molecule has 29 heavy (non-hydrogen) atoms. The van der Waals surface area contributed by atoms with E-state index in [9.17, 15) is 4.79 Å². The monoisotopic (exact) mass is 395 g/mol. The summed E-state index contributed by atoms with van der Waals surface area (Å²) in [6.45, 7) is 2.17. The Morgan fingerprint density at radius 1 is 1.14 bits per heavy atom. The van der Waals surface area contributed by atoms with Crippen LogP contribution < -0.4 is 14.8 Å². The number of hydrogen-bond donors (Lipinski definition) is 2. The van der Waals surface area contributed by atoms with Gasteiger partial charge in [0.25, 0.3) is 0 Å². The van der Waals surface area contributed by atoms with Crippen LogP contribution in [0.3, 0.4) is 0 Å². The quantitative estimate of drug-likeness (QED) is 0.758. The van der Waals surface area contributed by atoms with Crippen LogP contribution in [0.2, 0.25) is 0 Å². The molecule has 1 unspecified atom stereocenters. The number of carboxylic acid groups (broad SMARTS) is 1. The second-order valence-electron chi connectivity index (χ2n) is 8.14. The second kappa shape index (κ2) is 8.87. The van der Waals surface area contributed by atoms with Gasteiger partial charge in [-0.3, -0.25) is 4.79 Å². The van der Waals surface area contributed by atoms with Crippen molar-refractivity contribution in [1.29, 1.82) is 0 Å². The summed E-state index contributed by atoms with van der Waals surface area (Å²) in [6, 6.07) is 14.9. The molecule has 0 bridgehead atoms. The number of ether oxygens (including phenoxy) is 2. The van der Waals surface area contributed by atoms with Gasteiger partial charge < -0.3 is 19.9 Å². The Labute approximate surface area is 172 Å². The lowest BCUT2D eigenvalue weighted by Gasteiger charge is -2.30. The molecule has 4 rings (SSSR count). The van der Waals surface area contributed by atoms with Crippen molar-refractivity contribution < 1.29 is 19.4 Å². The molecule has 1 saturated carbocycles. The molecule has 2 aliphatic rings. The van der Waals surface area contributed by atoms with Gasteiger partial charge >= 0.3 is 5.97 Å². The first kappa shape index (κ1) is 19.8. The Bertz CT molecular complexity index is 858. The smallest absolute Gasteiger partial charge is 0.317 e. The molecule has 2 N–H and O–H groups in total. The zero-order chi connectivity index (χ0) is 20.2. The summed E-state index contributed by atoms with van der Waals surface area (Å²) in [5.41, 5.74) is 3.75. The number of carboxylic acids is 1. The average Bonchev–Trinajstić information content (AvgIpc) is 2.73. The highest BCUT2D eigenvalue weighted by Crippen LogP contribution is 2.38. The molecule has 5 heteroatoms. The number of hydrogen-bond acceptors (Lipinski definition) is 4. The molecule has 1 aliphatic carbocycles. The Morgan fingerprint density at radius 3 is 2.69 bits per heavy atom. The maximum atomic E-state index is 10.7. The SMILES string of the molecule is Cc1ccccc1C1CCc2cc(O[C@H]3CC[C@H](NCC(=O)O)CC3)ccc2O1. The lowest BCUT2D eigenvalue weighted by atomic mass is 9.92. The van der Waals surface area contributed by atoms with Crippen molar-refractivity contribution >= 4 is 5.97 Å². The first-order valence-electron chi connectivity index (χ1n) is 10.6. The number of aryl methyl sites for hydroxylation is 2. The van der Waals surface area contributed by atoms with E-state index in [0.717, 1.165) is 50.0 Å². The highest BCUT2D eigenvalue weighted by atomic mass is 16.5. The minimum Gasteiger partial charge on any atom is -0.490 e. The molecule has 5 nitrogen and oxygen atoms in total. The minimum atomic E-state index is -0.802. The predicted octanol–water partition coefficient (Wildman–Crippen LogP) is 4.43. The third-order valence-corrected chi connectivity index (χ3v) is 6.03. The number of fused-ring (bicyclic) bond motifs is 1. The van der Waals surface area contributed by atoms with Crippen molar-refractivity contribution in [3.63, 3.8) is 0 Å². The van der Waals surface area contributed by atoms with Crippen LogP contribution >= 0.6 is 0 Å². The Kier molecular flexibility index (Phi) is 6.05. The maximum absolute atomic E-state index is 10.7. The zero-order valence-corrected chi connectivity index (χ0v) is 16.9. The third-order valence-electron chi connectivity index (χ3n) is 6.03. The van der Waals surface area contributed by atoms with Crippen molar-refractivity contribution in [2.45, 2.75) is 63.7 Å². The lowest BCUT2D eigenvalue weighted by Crippen LogP contribution is -2.38. The third kappa shape index (κ3) is 4.91. The fraction of sp³-hybridized carbons (Fsp3) is 0.458. The zero-order valence-electron chi connectivity index (χ0n) is 16.9. The molecule has 154 valence electrons. The van der Waals surface area contributed by atoms with E-state index in [0.29, 0.717) is 0 Å². The van der Waals surface area contributed by atoms with Crippen LogP contribution in [0.15, 0.2) is 42.5 Å². The first-order chi connectivity index (χ1) is 14.1. The van der Waals surface area contributed by atoms with Gasteiger partial charge in [-0.15, -0.1) is 0 Å². The van der Waals surface area contributed by atoms with Gasteiger partial charge in [0.2, 0.25) is 0 Å². The summed E-state index contributed by atoms with van der Waals surface area (Å²) in [5, 5.41) is 11.9. The molecular formula is C24H29NO4. The Balaban J connectivity index is 1.33. The molecule has 1 fully saturated rings. The molecular weight excluding hydrogens is 366 g/mol. The Hall–Kier alpha value is -2.53. The van der Waals surface area contributed by atoms with Crippen LogP contribution in [-0.2, 0) is 11.2 Å². The molecule has 0 saturated heterocycles. The molecule has 1 aliphatic heterocycles. The molecule has 0 amide bonds. The largest absolute Gasteiger partial charge is 0.490 e. The molecule has 1 heterocycles. The van der Waals surface area contributed by atoms with Crippen LogP contribution in [-0.4, -0.2) is 29.8 Å². The topological polar surface area (TPSA) is 67.8 Å². The summed E-state index contributed by atoms with van der Waals surface area (Å²) in [6.07, 6.45) is 6.05. The summed E-state index contributed by atoms with van der Waals surface area (Å²) in [4.78, 5) is 10.7. The molecule has 1 atom stereocenters. The first-order valence-corrected chi connectivity index (χ1v) is 10.6. The number of benzene rings is 2. The van der Waals surface area contributed by atoms with Crippen molar-refractivity contribution in [1.82, 2.24) is 5.32 Å². The van der Waals surface area contributed by atoms with Gasteiger partial charge in [-0.1, -0.05) is 24.3 Å². The van der Waals surface area contributed by atoms with Crippen LogP contribution in [0, 0.1) is 6.92 Å². The summed E-state index contributed by atoms with van der Waals surface area (Å²) >= 11 is 0. The van der Waals surface area contributed by atoms with Crippen molar-refractivity contribution in [3.8, 4) is 11.5 Å². The van der Waals surface area contributed by atoms with E-state index in [1.54, 1.807) is 0 Å². The second-order valence-corrected chi connectivity index (χ2v) is 8.14. The highest BCUT2D eigenvalue weighted by molar-refractivity contribution is 5.69. The normalized spacial score (nSPS) is 23.7. The predicted molar refractivity (Wildman–Crippen MR) is 112 cm³/mol. The Morgan fingerprint density at radius 2 is 1.93 bits per heavy atom.